The highest BCUT2D eigenvalue weighted by Crippen LogP contribution is 2.16. The highest BCUT2D eigenvalue weighted by molar-refractivity contribution is 6.30. The van der Waals surface area contributed by atoms with Gasteiger partial charge in [0.15, 0.2) is 0 Å². The first kappa shape index (κ1) is 21.3. The van der Waals surface area contributed by atoms with E-state index in [0.29, 0.717) is 36.7 Å². The van der Waals surface area contributed by atoms with Crippen LogP contribution in [0.1, 0.15) is 35.7 Å². The van der Waals surface area contributed by atoms with E-state index in [4.69, 9.17) is 16.3 Å². The van der Waals surface area contributed by atoms with Crippen LogP contribution in [-0.2, 0) is 16.0 Å². The Morgan fingerprint density at radius 2 is 1.90 bits per heavy atom. The van der Waals surface area contributed by atoms with Gasteiger partial charge in [0.05, 0.1) is 6.10 Å². The molecule has 1 aliphatic rings. The zero-order valence-corrected chi connectivity index (χ0v) is 17.4. The van der Waals surface area contributed by atoms with Crippen molar-refractivity contribution in [2.45, 2.75) is 38.3 Å². The van der Waals surface area contributed by atoms with E-state index in [1.165, 1.54) is 0 Å². The monoisotopic (exact) mass is 414 g/mol. The zero-order valence-electron chi connectivity index (χ0n) is 16.6. The number of carbonyl (C=O) groups is 2. The third-order valence-electron chi connectivity index (χ3n) is 5.08. The van der Waals surface area contributed by atoms with E-state index in [1.807, 2.05) is 42.2 Å². The molecule has 1 saturated heterocycles. The molecule has 3 rings (SSSR count). The Balaban J connectivity index is 1.75. The number of nitrogens with one attached hydrogen (secondary N) is 1. The summed E-state index contributed by atoms with van der Waals surface area (Å²) in [6.07, 6.45) is 2.36. The van der Waals surface area contributed by atoms with Crippen molar-refractivity contribution >= 4 is 23.4 Å². The van der Waals surface area contributed by atoms with Crippen molar-refractivity contribution in [2.75, 3.05) is 19.7 Å². The van der Waals surface area contributed by atoms with Gasteiger partial charge in [0, 0.05) is 36.7 Å². The lowest BCUT2D eigenvalue weighted by Gasteiger charge is -2.35. The number of hydrogen-bond donors (Lipinski definition) is 1. The quantitative estimate of drug-likeness (QED) is 0.751. The molecular weight excluding hydrogens is 388 g/mol. The van der Waals surface area contributed by atoms with Crippen molar-refractivity contribution < 1.29 is 14.3 Å². The Morgan fingerprint density at radius 3 is 2.59 bits per heavy atom. The van der Waals surface area contributed by atoms with Gasteiger partial charge in [-0.1, -0.05) is 41.9 Å². The minimum atomic E-state index is -0.638. The number of amides is 2. The molecule has 0 saturated carbocycles. The van der Waals surface area contributed by atoms with Crippen molar-refractivity contribution in [1.29, 1.82) is 0 Å². The SMILES string of the molecule is CCOC1CCCN(C(=O)C(Cc2ccccc2)NC(=O)c2ccc(Cl)cc2)C1. The van der Waals surface area contributed by atoms with Crippen LogP contribution in [0.2, 0.25) is 5.02 Å². The van der Waals surface area contributed by atoms with Crippen LogP contribution in [0, 0.1) is 0 Å². The maximum atomic E-state index is 13.3. The fourth-order valence-corrected chi connectivity index (χ4v) is 3.75. The molecule has 29 heavy (non-hydrogen) atoms. The first-order chi connectivity index (χ1) is 14.1. The number of nitrogens with zero attached hydrogens (tertiary/aromatic N) is 1. The molecule has 0 radical (unpaired) electrons. The lowest BCUT2D eigenvalue weighted by Crippen LogP contribution is -2.53. The van der Waals surface area contributed by atoms with Crippen LogP contribution in [0.3, 0.4) is 0 Å². The molecule has 0 spiro atoms. The molecule has 0 aliphatic carbocycles. The van der Waals surface area contributed by atoms with Gasteiger partial charge in [-0.3, -0.25) is 9.59 Å². The summed E-state index contributed by atoms with van der Waals surface area (Å²) >= 11 is 5.92. The lowest BCUT2D eigenvalue weighted by molar-refractivity contribution is -0.137. The smallest absolute Gasteiger partial charge is 0.251 e. The van der Waals surface area contributed by atoms with Crippen molar-refractivity contribution in [3.8, 4) is 0 Å². The van der Waals surface area contributed by atoms with Gasteiger partial charge in [0.2, 0.25) is 5.91 Å². The number of benzene rings is 2. The van der Waals surface area contributed by atoms with Crippen LogP contribution in [0.15, 0.2) is 54.6 Å². The van der Waals surface area contributed by atoms with Crippen molar-refractivity contribution in [2.24, 2.45) is 0 Å². The maximum Gasteiger partial charge on any atom is 0.251 e. The molecule has 5 nitrogen and oxygen atoms in total. The molecular formula is C23H27ClN2O3. The fourth-order valence-electron chi connectivity index (χ4n) is 3.62. The van der Waals surface area contributed by atoms with Gasteiger partial charge in [-0.2, -0.15) is 0 Å². The second kappa shape index (κ2) is 10.4. The Labute approximate surface area is 177 Å². The fraction of sp³-hybridized carbons (Fsp3) is 0.391. The molecule has 1 N–H and O–H groups in total. The average molecular weight is 415 g/mol. The van der Waals surface area contributed by atoms with Gasteiger partial charge >= 0.3 is 0 Å². The van der Waals surface area contributed by atoms with E-state index in [1.54, 1.807) is 24.3 Å². The zero-order chi connectivity index (χ0) is 20.6. The number of piperidine rings is 1. The molecule has 0 aromatic heterocycles. The summed E-state index contributed by atoms with van der Waals surface area (Å²) in [5.41, 5.74) is 1.48. The molecule has 2 atom stereocenters. The van der Waals surface area contributed by atoms with E-state index in [9.17, 15) is 9.59 Å². The molecule has 2 aromatic rings. The maximum absolute atomic E-state index is 13.3. The number of ether oxygens (including phenoxy) is 1. The predicted octanol–water partition coefficient (Wildman–Crippen LogP) is 3.71. The van der Waals surface area contributed by atoms with E-state index in [-0.39, 0.29) is 17.9 Å². The van der Waals surface area contributed by atoms with Gasteiger partial charge in [0.25, 0.3) is 5.91 Å². The van der Waals surface area contributed by atoms with Crippen molar-refractivity contribution in [3.05, 3.63) is 70.7 Å². The van der Waals surface area contributed by atoms with E-state index >= 15 is 0 Å². The van der Waals surface area contributed by atoms with Crippen LogP contribution in [0.25, 0.3) is 0 Å². The van der Waals surface area contributed by atoms with Crippen LogP contribution in [0.4, 0.5) is 0 Å². The molecule has 1 heterocycles. The summed E-state index contributed by atoms with van der Waals surface area (Å²) in [5, 5.41) is 3.49. The number of carbonyl (C=O) groups excluding carboxylic acids is 2. The molecule has 2 unspecified atom stereocenters. The third kappa shape index (κ3) is 6.05. The van der Waals surface area contributed by atoms with Gasteiger partial charge < -0.3 is 15.0 Å². The van der Waals surface area contributed by atoms with Crippen molar-refractivity contribution in [3.63, 3.8) is 0 Å². The lowest BCUT2D eigenvalue weighted by atomic mass is 10.0. The van der Waals surface area contributed by atoms with Crippen LogP contribution < -0.4 is 5.32 Å². The Bertz CT molecular complexity index is 809. The molecule has 6 heteroatoms. The van der Waals surface area contributed by atoms with Crippen LogP contribution >= 0.6 is 11.6 Å². The van der Waals surface area contributed by atoms with Crippen molar-refractivity contribution in [1.82, 2.24) is 10.2 Å². The molecule has 1 fully saturated rings. The predicted molar refractivity (Wildman–Crippen MR) is 114 cm³/mol. The molecule has 154 valence electrons. The molecule has 0 bridgehead atoms. The summed E-state index contributed by atoms with van der Waals surface area (Å²) in [6, 6.07) is 15.8. The highest BCUT2D eigenvalue weighted by atomic mass is 35.5. The number of halogens is 1. The molecule has 2 aromatic carbocycles. The van der Waals surface area contributed by atoms with Gasteiger partial charge in [-0.05, 0) is 49.6 Å². The summed E-state index contributed by atoms with van der Waals surface area (Å²) in [7, 11) is 0. The Morgan fingerprint density at radius 1 is 1.17 bits per heavy atom. The second-order valence-corrected chi connectivity index (χ2v) is 7.66. The average Bonchev–Trinajstić information content (AvgIpc) is 2.74. The van der Waals surface area contributed by atoms with E-state index in [2.05, 4.69) is 5.32 Å². The van der Waals surface area contributed by atoms with E-state index < -0.39 is 6.04 Å². The number of likely N-dealkylation sites (tertiary alicyclic amines) is 1. The standard InChI is InChI=1S/C23H27ClN2O3/c1-2-29-20-9-6-14-26(16-20)23(28)21(15-17-7-4-3-5-8-17)25-22(27)18-10-12-19(24)13-11-18/h3-5,7-8,10-13,20-21H,2,6,9,14-16H2,1H3,(H,25,27). The third-order valence-corrected chi connectivity index (χ3v) is 5.34. The number of rotatable bonds is 7. The first-order valence-electron chi connectivity index (χ1n) is 10.1. The van der Waals surface area contributed by atoms with Gasteiger partial charge in [-0.15, -0.1) is 0 Å². The largest absolute Gasteiger partial charge is 0.377 e. The first-order valence-corrected chi connectivity index (χ1v) is 10.5. The normalized spacial score (nSPS) is 17.6. The van der Waals surface area contributed by atoms with Crippen LogP contribution in [-0.4, -0.2) is 48.6 Å². The molecule has 1 aliphatic heterocycles. The summed E-state index contributed by atoms with van der Waals surface area (Å²) in [6.45, 7) is 3.85. The highest BCUT2D eigenvalue weighted by Gasteiger charge is 2.30. The Hall–Kier alpha value is -2.37. The second-order valence-electron chi connectivity index (χ2n) is 7.23. The summed E-state index contributed by atoms with van der Waals surface area (Å²) in [4.78, 5) is 27.9. The minimum Gasteiger partial charge on any atom is -0.377 e. The molecule has 2 amide bonds. The summed E-state index contributed by atoms with van der Waals surface area (Å²) in [5.74, 6) is -0.352. The topological polar surface area (TPSA) is 58.6 Å². The minimum absolute atomic E-state index is 0.0574. The van der Waals surface area contributed by atoms with Gasteiger partial charge in [-0.25, -0.2) is 0 Å². The van der Waals surface area contributed by atoms with E-state index in [0.717, 1.165) is 18.4 Å². The number of hydrogen-bond acceptors (Lipinski definition) is 3. The van der Waals surface area contributed by atoms with Gasteiger partial charge in [0.1, 0.15) is 6.04 Å². The Kier molecular flexibility index (Phi) is 7.67. The van der Waals surface area contributed by atoms with Crippen LogP contribution in [0.5, 0.6) is 0 Å². The summed E-state index contributed by atoms with van der Waals surface area (Å²) < 4.78 is 5.73.